The van der Waals surface area contributed by atoms with Crippen molar-refractivity contribution in [2.75, 3.05) is 11.1 Å². The number of amides is 2. The van der Waals surface area contributed by atoms with E-state index in [9.17, 15) is 9.59 Å². The molecule has 2 amide bonds. The predicted octanol–water partition coefficient (Wildman–Crippen LogP) is 3.26. The van der Waals surface area contributed by atoms with Gasteiger partial charge in [-0.05, 0) is 38.1 Å². The number of hydrogen-bond donors (Lipinski definition) is 2. The van der Waals surface area contributed by atoms with Gasteiger partial charge in [-0.15, -0.1) is 11.8 Å². The quantitative estimate of drug-likeness (QED) is 0.643. The van der Waals surface area contributed by atoms with Crippen LogP contribution < -0.4 is 10.6 Å². The average molecular weight is 397 g/mol. The molecule has 1 heterocycles. The third kappa shape index (κ3) is 4.92. The zero-order valence-corrected chi connectivity index (χ0v) is 17.0. The molecule has 0 radical (unpaired) electrons. The van der Waals surface area contributed by atoms with Crippen molar-refractivity contribution < 1.29 is 9.59 Å². The molecule has 2 N–H and O–H groups in total. The minimum absolute atomic E-state index is 0.111. The second-order valence-electron chi connectivity index (χ2n) is 6.66. The summed E-state index contributed by atoms with van der Waals surface area (Å²) in [6.45, 7) is 4.15. The minimum Gasteiger partial charge on any atom is -0.348 e. The standard InChI is InChI=1S/C21H24N4O2S/c1-14-8-10-16(11-9-14)23-20(26)13-28-15(2)21(27)22-12-19-24-17-6-4-5-7-18(17)25(19)3/h4-11,15H,12-13H2,1-3H3,(H,22,27)(H,23,26). The molecule has 6 nitrogen and oxygen atoms in total. The first-order chi connectivity index (χ1) is 13.4. The molecule has 28 heavy (non-hydrogen) atoms. The Hall–Kier alpha value is -2.80. The summed E-state index contributed by atoms with van der Waals surface area (Å²) in [5, 5.41) is 5.41. The zero-order chi connectivity index (χ0) is 20.1. The maximum atomic E-state index is 12.4. The molecule has 7 heteroatoms. The van der Waals surface area contributed by atoms with E-state index in [1.165, 1.54) is 11.8 Å². The molecule has 0 aliphatic heterocycles. The van der Waals surface area contributed by atoms with Gasteiger partial charge in [0.25, 0.3) is 0 Å². The van der Waals surface area contributed by atoms with Gasteiger partial charge in [0.1, 0.15) is 5.82 Å². The van der Waals surface area contributed by atoms with Crippen LogP contribution in [0.3, 0.4) is 0 Å². The molecule has 0 saturated carbocycles. The lowest BCUT2D eigenvalue weighted by Gasteiger charge is -2.12. The number of hydrogen-bond acceptors (Lipinski definition) is 4. The summed E-state index contributed by atoms with van der Waals surface area (Å²) in [6, 6.07) is 15.5. The Balaban J connectivity index is 1.46. The van der Waals surface area contributed by atoms with Gasteiger partial charge in [-0.25, -0.2) is 4.98 Å². The fraction of sp³-hybridized carbons (Fsp3) is 0.286. The highest BCUT2D eigenvalue weighted by molar-refractivity contribution is 8.01. The lowest BCUT2D eigenvalue weighted by Crippen LogP contribution is -2.32. The molecule has 0 aliphatic rings. The van der Waals surface area contributed by atoms with Gasteiger partial charge in [0.05, 0.1) is 28.6 Å². The molecule has 1 atom stereocenters. The number of rotatable bonds is 7. The van der Waals surface area contributed by atoms with Crippen LogP contribution in [0.2, 0.25) is 0 Å². The highest BCUT2D eigenvalue weighted by atomic mass is 32.2. The predicted molar refractivity (Wildman–Crippen MR) is 114 cm³/mol. The third-order valence-corrected chi connectivity index (χ3v) is 5.61. The monoisotopic (exact) mass is 396 g/mol. The van der Waals surface area contributed by atoms with Crippen LogP contribution in [0.25, 0.3) is 11.0 Å². The van der Waals surface area contributed by atoms with Crippen LogP contribution in [0.15, 0.2) is 48.5 Å². The lowest BCUT2D eigenvalue weighted by atomic mass is 10.2. The van der Waals surface area contributed by atoms with Gasteiger partial charge in [-0.1, -0.05) is 29.8 Å². The summed E-state index contributed by atoms with van der Waals surface area (Å²) in [5.74, 6) is 0.780. The first kappa shape index (κ1) is 19.9. The van der Waals surface area contributed by atoms with Crippen molar-refractivity contribution in [1.82, 2.24) is 14.9 Å². The Bertz CT molecular complexity index is 982. The molecule has 0 saturated heterocycles. The number of carbonyl (C=O) groups excluding carboxylic acids is 2. The number of aryl methyl sites for hydroxylation is 2. The third-order valence-electron chi connectivity index (χ3n) is 4.47. The first-order valence-electron chi connectivity index (χ1n) is 9.10. The van der Waals surface area contributed by atoms with Gasteiger partial charge < -0.3 is 15.2 Å². The number of anilines is 1. The molecule has 0 spiro atoms. The number of fused-ring (bicyclic) bond motifs is 1. The number of thioether (sulfide) groups is 1. The molecular formula is C21H24N4O2S. The molecule has 0 aliphatic carbocycles. The van der Waals surface area contributed by atoms with Crippen molar-refractivity contribution >= 4 is 40.3 Å². The molecule has 3 rings (SSSR count). The zero-order valence-electron chi connectivity index (χ0n) is 16.2. The highest BCUT2D eigenvalue weighted by Crippen LogP contribution is 2.15. The number of carbonyl (C=O) groups is 2. The molecular weight excluding hydrogens is 372 g/mol. The summed E-state index contributed by atoms with van der Waals surface area (Å²) in [6.07, 6.45) is 0. The largest absolute Gasteiger partial charge is 0.348 e. The minimum atomic E-state index is -0.335. The molecule has 3 aromatic rings. The summed E-state index contributed by atoms with van der Waals surface area (Å²) in [5.41, 5.74) is 3.83. The summed E-state index contributed by atoms with van der Waals surface area (Å²) in [4.78, 5) is 29.0. The maximum absolute atomic E-state index is 12.4. The van der Waals surface area contributed by atoms with E-state index < -0.39 is 0 Å². The number of aromatic nitrogens is 2. The second kappa shape index (κ2) is 8.93. The van der Waals surface area contributed by atoms with E-state index in [1.807, 2.05) is 67.1 Å². The van der Waals surface area contributed by atoms with Crippen molar-refractivity contribution in [1.29, 1.82) is 0 Å². The van der Waals surface area contributed by atoms with Crippen molar-refractivity contribution in [3.05, 3.63) is 59.9 Å². The molecule has 1 aromatic heterocycles. The molecule has 146 valence electrons. The van der Waals surface area contributed by atoms with Crippen molar-refractivity contribution in [3.8, 4) is 0 Å². The van der Waals surface area contributed by atoms with E-state index in [4.69, 9.17) is 0 Å². The maximum Gasteiger partial charge on any atom is 0.234 e. The van der Waals surface area contributed by atoms with Gasteiger partial charge >= 0.3 is 0 Å². The Kier molecular flexibility index (Phi) is 6.36. The average Bonchev–Trinajstić information content (AvgIpc) is 3.02. The Morgan fingerprint density at radius 2 is 1.86 bits per heavy atom. The fourth-order valence-corrected chi connectivity index (χ4v) is 3.48. The SMILES string of the molecule is Cc1ccc(NC(=O)CSC(C)C(=O)NCc2nc3ccccc3n2C)cc1. The van der Waals surface area contributed by atoms with Crippen LogP contribution in [0.4, 0.5) is 5.69 Å². The van der Waals surface area contributed by atoms with Crippen LogP contribution in [0.1, 0.15) is 18.3 Å². The van der Waals surface area contributed by atoms with Gasteiger partial charge in [0, 0.05) is 12.7 Å². The summed E-state index contributed by atoms with van der Waals surface area (Å²) >= 11 is 1.31. The molecule has 0 bridgehead atoms. The van der Waals surface area contributed by atoms with Gasteiger partial charge in [-0.2, -0.15) is 0 Å². The summed E-state index contributed by atoms with van der Waals surface area (Å²) in [7, 11) is 1.93. The molecule has 2 aromatic carbocycles. The Morgan fingerprint density at radius 1 is 1.14 bits per heavy atom. The number of benzene rings is 2. The van der Waals surface area contributed by atoms with Gasteiger partial charge in [-0.3, -0.25) is 9.59 Å². The van der Waals surface area contributed by atoms with Crippen molar-refractivity contribution in [2.24, 2.45) is 7.05 Å². The highest BCUT2D eigenvalue weighted by Gasteiger charge is 2.16. The second-order valence-corrected chi connectivity index (χ2v) is 7.99. The first-order valence-corrected chi connectivity index (χ1v) is 10.1. The summed E-state index contributed by atoms with van der Waals surface area (Å²) < 4.78 is 1.97. The fourth-order valence-electron chi connectivity index (χ4n) is 2.77. The number of imidazole rings is 1. The normalized spacial score (nSPS) is 12.0. The number of para-hydroxylation sites is 2. The molecule has 1 unspecified atom stereocenters. The van der Waals surface area contributed by atoms with Crippen LogP contribution >= 0.6 is 11.8 Å². The van der Waals surface area contributed by atoms with Crippen LogP contribution in [-0.4, -0.2) is 32.4 Å². The van der Waals surface area contributed by atoms with Crippen molar-refractivity contribution in [3.63, 3.8) is 0 Å². The molecule has 0 fully saturated rings. The van der Waals surface area contributed by atoms with E-state index in [0.29, 0.717) is 6.54 Å². The van der Waals surface area contributed by atoms with Gasteiger partial charge in [0.15, 0.2) is 0 Å². The number of nitrogens with one attached hydrogen (secondary N) is 2. The van der Waals surface area contributed by atoms with Gasteiger partial charge in [0.2, 0.25) is 11.8 Å². The smallest absolute Gasteiger partial charge is 0.234 e. The van der Waals surface area contributed by atoms with Crippen molar-refractivity contribution in [2.45, 2.75) is 25.6 Å². The Labute approximate surface area is 168 Å². The van der Waals surface area contributed by atoms with E-state index in [0.717, 1.165) is 28.1 Å². The Morgan fingerprint density at radius 3 is 2.57 bits per heavy atom. The topological polar surface area (TPSA) is 76.0 Å². The van der Waals surface area contributed by atoms with Crippen LogP contribution in [0, 0.1) is 6.92 Å². The van der Waals surface area contributed by atoms with E-state index >= 15 is 0 Å². The van der Waals surface area contributed by atoms with Crippen LogP contribution in [0.5, 0.6) is 0 Å². The van der Waals surface area contributed by atoms with E-state index in [-0.39, 0.29) is 22.8 Å². The van der Waals surface area contributed by atoms with E-state index in [1.54, 1.807) is 6.92 Å². The lowest BCUT2D eigenvalue weighted by molar-refractivity contribution is -0.120. The van der Waals surface area contributed by atoms with Crippen LogP contribution in [-0.2, 0) is 23.2 Å². The number of nitrogens with zero attached hydrogens (tertiary/aromatic N) is 2. The van der Waals surface area contributed by atoms with E-state index in [2.05, 4.69) is 15.6 Å².